The third-order valence-electron chi connectivity index (χ3n) is 1.88. The maximum absolute atomic E-state index is 11.0. The molecule has 1 aromatic rings. The molecule has 15 heavy (non-hydrogen) atoms. The van der Waals surface area contributed by atoms with Crippen LogP contribution in [0.2, 0.25) is 0 Å². The Balaban J connectivity index is 2.35. The fourth-order valence-electron chi connectivity index (χ4n) is 1.14. The molecule has 0 spiro atoms. The molecule has 84 valence electrons. The van der Waals surface area contributed by atoms with Crippen LogP contribution in [0, 0.1) is 6.92 Å². The third-order valence-corrected chi connectivity index (χ3v) is 1.88. The monoisotopic (exact) mass is 214 g/mol. The lowest BCUT2D eigenvalue weighted by atomic mass is 10.3. The minimum atomic E-state index is -0.720. The Kier molecular flexibility index (Phi) is 4.15. The molecule has 1 heterocycles. The highest BCUT2D eigenvalue weighted by Gasteiger charge is 2.09. The zero-order valence-corrected chi connectivity index (χ0v) is 8.87. The summed E-state index contributed by atoms with van der Waals surface area (Å²) < 4.78 is 14.3. The molecule has 0 N–H and O–H groups in total. The Labute approximate surface area is 87.0 Å². The number of hydrogen-bond acceptors (Lipinski definition) is 5. The second kappa shape index (κ2) is 5.38. The summed E-state index contributed by atoms with van der Waals surface area (Å²) in [5.74, 6) is -0.0841. The second-order valence-electron chi connectivity index (χ2n) is 3.15. The quantitative estimate of drug-likeness (QED) is 0.693. The van der Waals surface area contributed by atoms with E-state index in [1.165, 1.54) is 0 Å². The van der Waals surface area contributed by atoms with Crippen LogP contribution in [-0.4, -0.2) is 12.6 Å². The van der Waals surface area contributed by atoms with Crippen LogP contribution in [-0.2, 0) is 16.0 Å². The van der Waals surface area contributed by atoms with E-state index in [1.54, 1.807) is 6.92 Å². The van der Waals surface area contributed by atoms with Crippen LogP contribution in [0.1, 0.15) is 31.3 Å². The van der Waals surface area contributed by atoms with Gasteiger partial charge in [0.1, 0.15) is 5.76 Å². The molecule has 1 aromatic heterocycles. The van der Waals surface area contributed by atoms with Crippen molar-refractivity contribution in [1.29, 1.82) is 0 Å². The van der Waals surface area contributed by atoms with E-state index >= 15 is 0 Å². The number of carbonyl (C=O) groups is 1. The van der Waals surface area contributed by atoms with Gasteiger partial charge in [0.25, 0.3) is 0 Å². The molecule has 0 atom stereocenters. The summed E-state index contributed by atoms with van der Waals surface area (Å²) in [7, 11) is 0. The SMILES string of the molecule is CCCC(=O)OCCc1oc(=O)oc1C. The Morgan fingerprint density at radius 2 is 2.13 bits per heavy atom. The largest absolute Gasteiger partial charge is 0.519 e. The number of rotatable bonds is 5. The molecule has 0 aliphatic heterocycles. The van der Waals surface area contributed by atoms with Gasteiger partial charge >= 0.3 is 11.8 Å². The zero-order valence-electron chi connectivity index (χ0n) is 8.87. The van der Waals surface area contributed by atoms with Crippen LogP contribution in [0.15, 0.2) is 13.6 Å². The molecule has 0 aliphatic carbocycles. The van der Waals surface area contributed by atoms with Crippen molar-refractivity contribution in [1.82, 2.24) is 0 Å². The molecule has 1 rings (SSSR count). The smallest absolute Gasteiger partial charge is 0.465 e. The van der Waals surface area contributed by atoms with Crippen LogP contribution in [0.3, 0.4) is 0 Å². The molecule has 0 amide bonds. The number of hydrogen-bond donors (Lipinski definition) is 0. The van der Waals surface area contributed by atoms with Crippen LogP contribution in [0.5, 0.6) is 0 Å². The van der Waals surface area contributed by atoms with Crippen LogP contribution >= 0.6 is 0 Å². The number of esters is 1. The standard InChI is InChI=1S/C10H14O5/c1-3-4-9(11)13-6-5-8-7(2)14-10(12)15-8/h3-6H2,1-2H3. The first-order valence-corrected chi connectivity index (χ1v) is 4.88. The van der Waals surface area contributed by atoms with Gasteiger partial charge in [-0.3, -0.25) is 4.79 Å². The average Bonchev–Trinajstić information content (AvgIpc) is 2.46. The molecule has 0 bridgehead atoms. The fourth-order valence-corrected chi connectivity index (χ4v) is 1.14. The van der Waals surface area contributed by atoms with E-state index < -0.39 is 5.82 Å². The van der Waals surface area contributed by atoms with Crippen LogP contribution in [0.25, 0.3) is 0 Å². The van der Waals surface area contributed by atoms with Gasteiger partial charge in [-0.15, -0.1) is 0 Å². The Hall–Kier alpha value is -1.52. The molecule has 0 fully saturated rings. The topological polar surface area (TPSA) is 69.7 Å². The summed E-state index contributed by atoms with van der Waals surface area (Å²) in [4.78, 5) is 21.7. The zero-order chi connectivity index (χ0) is 11.3. The van der Waals surface area contributed by atoms with E-state index in [1.807, 2.05) is 6.92 Å². The van der Waals surface area contributed by atoms with Crippen molar-refractivity contribution < 1.29 is 18.4 Å². The lowest BCUT2D eigenvalue weighted by Crippen LogP contribution is -2.07. The highest BCUT2D eigenvalue weighted by molar-refractivity contribution is 5.69. The Morgan fingerprint density at radius 1 is 1.40 bits per heavy atom. The lowest BCUT2D eigenvalue weighted by Gasteiger charge is -2.01. The summed E-state index contributed by atoms with van der Waals surface area (Å²) in [5.41, 5.74) is 0. The van der Waals surface area contributed by atoms with Gasteiger partial charge in [0.15, 0.2) is 5.76 Å². The molecule has 0 aromatic carbocycles. The molecule has 5 heteroatoms. The van der Waals surface area contributed by atoms with Crippen LogP contribution < -0.4 is 5.82 Å². The van der Waals surface area contributed by atoms with Crippen molar-refractivity contribution in [3.63, 3.8) is 0 Å². The van der Waals surface area contributed by atoms with Gasteiger partial charge in [0.05, 0.1) is 6.61 Å². The predicted molar refractivity (Wildman–Crippen MR) is 51.6 cm³/mol. The minimum absolute atomic E-state index is 0.210. The number of carbonyl (C=O) groups excluding carboxylic acids is 1. The molecular formula is C10H14O5. The molecule has 5 nitrogen and oxygen atoms in total. The average molecular weight is 214 g/mol. The van der Waals surface area contributed by atoms with E-state index in [0.29, 0.717) is 24.4 Å². The van der Waals surface area contributed by atoms with Crippen LogP contribution in [0.4, 0.5) is 0 Å². The third kappa shape index (κ3) is 3.61. The normalized spacial score (nSPS) is 10.3. The van der Waals surface area contributed by atoms with Crippen molar-refractivity contribution in [2.75, 3.05) is 6.61 Å². The first kappa shape index (κ1) is 11.6. The molecular weight excluding hydrogens is 200 g/mol. The van der Waals surface area contributed by atoms with Crippen molar-refractivity contribution in [3.05, 3.63) is 22.1 Å². The van der Waals surface area contributed by atoms with Gasteiger partial charge in [-0.25, -0.2) is 4.79 Å². The van der Waals surface area contributed by atoms with Gasteiger partial charge in [-0.05, 0) is 13.3 Å². The van der Waals surface area contributed by atoms with Crippen molar-refractivity contribution in [2.45, 2.75) is 33.1 Å². The molecule has 0 saturated heterocycles. The molecule has 0 saturated carbocycles. The van der Waals surface area contributed by atoms with Gasteiger partial charge in [0, 0.05) is 12.8 Å². The minimum Gasteiger partial charge on any atom is -0.465 e. The van der Waals surface area contributed by atoms with Gasteiger partial charge in [-0.1, -0.05) is 6.92 Å². The van der Waals surface area contributed by atoms with Crippen molar-refractivity contribution >= 4 is 5.97 Å². The number of ether oxygens (including phenoxy) is 1. The number of aryl methyl sites for hydroxylation is 1. The summed E-state index contributed by atoms with van der Waals surface area (Å²) >= 11 is 0. The summed E-state index contributed by atoms with van der Waals surface area (Å²) in [6.07, 6.45) is 1.54. The van der Waals surface area contributed by atoms with E-state index in [0.717, 1.165) is 6.42 Å². The van der Waals surface area contributed by atoms with Gasteiger partial charge < -0.3 is 13.6 Å². The Morgan fingerprint density at radius 3 is 2.67 bits per heavy atom. The fraction of sp³-hybridized carbons (Fsp3) is 0.600. The maximum Gasteiger partial charge on any atom is 0.519 e. The predicted octanol–water partition coefficient (Wildman–Crippen LogP) is 1.43. The molecule has 0 aliphatic rings. The first-order chi connectivity index (χ1) is 7.13. The van der Waals surface area contributed by atoms with Crippen molar-refractivity contribution in [2.24, 2.45) is 0 Å². The first-order valence-electron chi connectivity index (χ1n) is 4.88. The van der Waals surface area contributed by atoms with E-state index in [4.69, 9.17) is 9.15 Å². The van der Waals surface area contributed by atoms with Gasteiger partial charge in [0.2, 0.25) is 0 Å². The molecule has 0 unspecified atom stereocenters. The Bertz CT molecular complexity index is 373. The highest BCUT2D eigenvalue weighted by Crippen LogP contribution is 2.05. The van der Waals surface area contributed by atoms with Crippen molar-refractivity contribution in [3.8, 4) is 0 Å². The van der Waals surface area contributed by atoms with E-state index in [2.05, 4.69) is 4.42 Å². The summed E-state index contributed by atoms with van der Waals surface area (Å²) in [5, 5.41) is 0. The highest BCUT2D eigenvalue weighted by atomic mass is 16.6. The molecule has 0 radical (unpaired) electrons. The van der Waals surface area contributed by atoms with Gasteiger partial charge in [-0.2, -0.15) is 0 Å². The second-order valence-corrected chi connectivity index (χ2v) is 3.15. The summed E-state index contributed by atoms with van der Waals surface area (Å²) in [6, 6.07) is 0. The lowest BCUT2D eigenvalue weighted by molar-refractivity contribution is -0.143. The summed E-state index contributed by atoms with van der Waals surface area (Å²) in [6.45, 7) is 3.75. The maximum atomic E-state index is 11.0. The van der Waals surface area contributed by atoms with E-state index in [9.17, 15) is 9.59 Å². The van der Waals surface area contributed by atoms with E-state index in [-0.39, 0.29) is 12.6 Å².